The van der Waals surface area contributed by atoms with Crippen LogP contribution in [-0.2, 0) is 4.79 Å². The lowest BCUT2D eigenvalue weighted by Gasteiger charge is -2.36. The van der Waals surface area contributed by atoms with Crippen molar-refractivity contribution in [3.8, 4) is 0 Å². The number of nitrogens with zero attached hydrogens (tertiary/aromatic N) is 2. The maximum Gasteiger partial charge on any atom is 0.238 e. The number of carbonyl (C=O) groups is 1. The van der Waals surface area contributed by atoms with Crippen LogP contribution in [0.5, 0.6) is 0 Å². The number of benzene rings is 1. The Labute approximate surface area is 127 Å². The van der Waals surface area contributed by atoms with Gasteiger partial charge < -0.3 is 9.80 Å². The van der Waals surface area contributed by atoms with E-state index in [4.69, 9.17) is 0 Å². The third-order valence-electron chi connectivity index (χ3n) is 4.80. The number of amides is 1. The number of rotatable bonds is 3. The first kappa shape index (κ1) is 14.5. The molecular formula is C17H25N3O. The monoisotopic (exact) mass is 287 g/mol. The molecule has 1 amide bonds. The molecule has 0 spiro atoms. The largest absolute Gasteiger partial charge is 0.320 e. The quantitative estimate of drug-likeness (QED) is 0.922. The Balaban J connectivity index is 1.74. The van der Waals surface area contributed by atoms with Crippen LogP contribution in [0.15, 0.2) is 24.3 Å². The Hall–Kier alpha value is -1.39. The van der Waals surface area contributed by atoms with Crippen LogP contribution >= 0.6 is 0 Å². The Morgan fingerprint density at radius 3 is 2.71 bits per heavy atom. The fourth-order valence-electron chi connectivity index (χ4n) is 3.40. The predicted molar refractivity (Wildman–Crippen MR) is 83.9 cm³/mol. The summed E-state index contributed by atoms with van der Waals surface area (Å²) in [5.74, 6) is 0.222. The second-order valence-electron chi connectivity index (χ2n) is 6.37. The van der Waals surface area contributed by atoms with Crippen LogP contribution in [0.1, 0.15) is 36.6 Å². The summed E-state index contributed by atoms with van der Waals surface area (Å²) in [6, 6.07) is 8.98. The van der Waals surface area contributed by atoms with Crippen molar-refractivity contribution in [1.82, 2.24) is 15.1 Å². The van der Waals surface area contributed by atoms with E-state index < -0.39 is 0 Å². The third kappa shape index (κ3) is 3.11. The molecule has 4 nitrogen and oxygen atoms in total. The van der Waals surface area contributed by atoms with Crippen molar-refractivity contribution in [2.24, 2.45) is 0 Å². The lowest BCUT2D eigenvalue weighted by molar-refractivity contribution is -0.129. The van der Waals surface area contributed by atoms with E-state index in [2.05, 4.69) is 48.5 Å². The minimum Gasteiger partial charge on any atom is -0.320 e. The average molecular weight is 287 g/mol. The molecule has 0 bridgehead atoms. The van der Waals surface area contributed by atoms with E-state index >= 15 is 0 Å². The molecule has 2 aliphatic rings. The maximum absolute atomic E-state index is 12.3. The van der Waals surface area contributed by atoms with Gasteiger partial charge in [-0.05, 0) is 38.9 Å². The molecule has 2 unspecified atom stereocenters. The van der Waals surface area contributed by atoms with Crippen molar-refractivity contribution < 1.29 is 4.79 Å². The summed E-state index contributed by atoms with van der Waals surface area (Å²) in [5, 5.41) is 3.35. The van der Waals surface area contributed by atoms with Crippen molar-refractivity contribution in [2.45, 2.75) is 38.4 Å². The highest BCUT2D eigenvalue weighted by molar-refractivity contribution is 5.81. The Morgan fingerprint density at radius 1 is 1.24 bits per heavy atom. The number of hydrogen-bond acceptors (Lipinski definition) is 3. The van der Waals surface area contributed by atoms with E-state index in [9.17, 15) is 4.79 Å². The predicted octanol–water partition coefficient (Wildman–Crippen LogP) is 1.91. The van der Waals surface area contributed by atoms with E-state index in [0.717, 1.165) is 13.1 Å². The Morgan fingerprint density at radius 2 is 2.00 bits per heavy atom. The highest BCUT2D eigenvalue weighted by Crippen LogP contribution is 2.25. The van der Waals surface area contributed by atoms with Gasteiger partial charge in [-0.15, -0.1) is 0 Å². The summed E-state index contributed by atoms with van der Waals surface area (Å²) in [6.45, 7) is 4.52. The van der Waals surface area contributed by atoms with Crippen molar-refractivity contribution in [1.29, 1.82) is 0 Å². The molecule has 1 aromatic carbocycles. The molecule has 2 atom stereocenters. The van der Waals surface area contributed by atoms with Gasteiger partial charge in [0.2, 0.25) is 5.91 Å². The maximum atomic E-state index is 12.3. The molecule has 21 heavy (non-hydrogen) atoms. The number of likely N-dealkylation sites (N-methyl/N-ethyl adjacent to an activating group) is 1. The van der Waals surface area contributed by atoms with Crippen molar-refractivity contribution in [2.75, 3.05) is 26.7 Å². The smallest absolute Gasteiger partial charge is 0.238 e. The number of likely N-dealkylation sites (tertiary alicyclic amines) is 1. The number of nitrogens with one attached hydrogen (secondary N) is 1. The number of aryl methyl sites for hydroxylation is 1. The SMILES string of the molecule is Cc1ccc(C2NCC(=O)N2CC2CCCCN2C)cc1. The van der Waals surface area contributed by atoms with Crippen LogP contribution in [0.2, 0.25) is 0 Å². The van der Waals surface area contributed by atoms with Gasteiger partial charge in [0.15, 0.2) is 0 Å². The topological polar surface area (TPSA) is 35.6 Å². The summed E-state index contributed by atoms with van der Waals surface area (Å²) in [4.78, 5) is 16.7. The molecule has 2 heterocycles. The summed E-state index contributed by atoms with van der Waals surface area (Å²) < 4.78 is 0. The van der Waals surface area contributed by atoms with Crippen molar-refractivity contribution in [3.05, 3.63) is 35.4 Å². The highest BCUT2D eigenvalue weighted by Gasteiger charge is 2.34. The van der Waals surface area contributed by atoms with Gasteiger partial charge in [-0.1, -0.05) is 36.2 Å². The van der Waals surface area contributed by atoms with E-state index in [1.807, 2.05) is 4.90 Å². The summed E-state index contributed by atoms with van der Waals surface area (Å²) >= 11 is 0. The van der Waals surface area contributed by atoms with Crippen LogP contribution < -0.4 is 5.32 Å². The van der Waals surface area contributed by atoms with Gasteiger partial charge in [0.05, 0.1) is 6.54 Å². The lowest BCUT2D eigenvalue weighted by Crippen LogP contribution is -2.46. The molecule has 1 N–H and O–H groups in total. The first-order chi connectivity index (χ1) is 10.1. The van der Waals surface area contributed by atoms with Crippen LogP contribution in [0.4, 0.5) is 0 Å². The van der Waals surface area contributed by atoms with Gasteiger partial charge in [0.25, 0.3) is 0 Å². The molecule has 3 rings (SSSR count). The Bertz CT molecular complexity index is 499. The van der Waals surface area contributed by atoms with E-state index in [1.54, 1.807) is 0 Å². The molecule has 4 heteroatoms. The second kappa shape index (κ2) is 6.16. The normalized spacial score (nSPS) is 27.3. The first-order valence-corrected chi connectivity index (χ1v) is 7.95. The van der Waals surface area contributed by atoms with Crippen molar-refractivity contribution in [3.63, 3.8) is 0 Å². The molecule has 2 saturated heterocycles. The Kier molecular flexibility index (Phi) is 4.27. The molecule has 2 fully saturated rings. The van der Waals surface area contributed by atoms with Gasteiger partial charge in [0.1, 0.15) is 6.17 Å². The minimum atomic E-state index is 0.0356. The molecule has 0 aliphatic carbocycles. The van der Waals surface area contributed by atoms with E-state index in [0.29, 0.717) is 12.6 Å². The summed E-state index contributed by atoms with van der Waals surface area (Å²) in [7, 11) is 2.18. The third-order valence-corrected chi connectivity index (χ3v) is 4.80. The van der Waals surface area contributed by atoms with Gasteiger partial charge in [-0.3, -0.25) is 10.1 Å². The molecule has 0 aromatic heterocycles. The van der Waals surface area contributed by atoms with Gasteiger partial charge >= 0.3 is 0 Å². The average Bonchev–Trinajstić information content (AvgIpc) is 2.84. The zero-order chi connectivity index (χ0) is 14.8. The molecule has 2 aliphatic heterocycles. The molecule has 0 radical (unpaired) electrons. The molecule has 114 valence electrons. The number of hydrogen-bond donors (Lipinski definition) is 1. The fourth-order valence-corrected chi connectivity index (χ4v) is 3.40. The summed E-state index contributed by atoms with van der Waals surface area (Å²) in [5.41, 5.74) is 2.44. The second-order valence-corrected chi connectivity index (χ2v) is 6.37. The highest BCUT2D eigenvalue weighted by atomic mass is 16.2. The van der Waals surface area contributed by atoms with Gasteiger partial charge in [0, 0.05) is 12.6 Å². The number of carbonyl (C=O) groups excluding carboxylic acids is 1. The standard InChI is InChI=1S/C17H25N3O/c1-13-6-8-14(9-7-13)17-18-11-16(21)20(17)12-15-5-3-4-10-19(15)2/h6-9,15,17-18H,3-5,10-12H2,1-2H3. The fraction of sp³-hybridized carbons (Fsp3) is 0.588. The zero-order valence-electron chi connectivity index (χ0n) is 13.0. The van der Waals surface area contributed by atoms with Crippen LogP contribution in [0.3, 0.4) is 0 Å². The van der Waals surface area contributed by atoms with Crippen molar-refractivity contribution >= 4 is 5.91 Å². The minimum absolute atomic E-state index is 0.0356. The van der Waals surface area contributed by atoms with E-state index in [-0.39, 0.29) is 12.1 Å². The number of piperidine rings is 1. The first-order valence-electron chi connectivity index (χ1n) is 7.95. The molecular weight excluding hydrogens is 262 g/mol. The molecule has 1 aromatic rings. The summed E-state index contributed by atoms with van der Waals surface area (Å²) in [6.07, 6.45) is 3.79. The van der Waals surface area contributed by atoms with Crippen LogP contribution in [0, 0.1) is 6.92 Å². The van der Waals surface area contributed by atoms with Gasteiger partial charge in [-0.2, -0.15) is 0 Å². The zero-order valence-corrected chi connectivity index (χ0v) is 13.0. The molecule has 0 saturated carbocycles. The lowest BCUT2D eigenvalue weighted by atomic mass is 10.0. The van der Waals surface area contributed by atoms with Gasteiger partial charge in [-0.25, -0.2) is 0 Å². The van der Waals surface area contributed by atoms with E-state index in [1.165, 1.54) is 30.4 Å². The van der Waals surface area contributed by atoms with Crippen LogP contribution in [0.25, 0.3) is 0 Å². The van der Waals surface area contributed by atoms with Crippen LogP contribution in [-0.4, -0.2) is 48.4 Å².